The molecule has 1 fully saturated rings. The first-order chi connectivity index (χ1) is 9.02. The van der Waals surface area contributed by atoms with Crippen molar-refractivity contribution >= 4 is 5.69 Å². The molecule has 0 saturated heterocycles. The smallest absolute Gasteiger partial charge is 0.0526 e. The lowest BCUT2D eigenvalue weighted by molar-refractivity contribution is 0.107. The largest absolute Gasteiger partial charge is 0.368 e. The Morgan fingerprint density at radius 1 is 1.26 bits per heavy atom. The fourth-order valence-corrected chi connectivity index (χ4v) is 3.19. The van der Waals surface area contributed by atoms with Crippen LogP contribution in [-0.4, -0.2) is 19.1 Å². The summed E-state index contributed by atoms with van der Waals surface area (Å²) in [6, 6.07) is 8.93. The number of hydrogen-bond donors (Lipinski definition) is 1. The highest BCUT2D eigenvalue weighted by Gasteiger charge is 2.47. The van der Waals surface area contributed by atoms with Gasteiger partial charge in [0.25, 0.3) is 0 Å². The monoisotopic (exact) mass is 260 g/mol. The Balaban J connectivity index is 2.11. The molecule has 0 aliphatic heterocycles. The topological polar surface area (TPSA) is 29.3 Å². The average molecular weight is 260 g/mol. The van der Waals surface area contributed by atoms with Gasteiger partial charge in [-0.05, 0) is 48.8 Å². The first kappa shape index (κ1) is 14.4. The molecule has 1 aliphatic carbocycles. The molecule has 2 nitrogen and oxygen atoms in total. The van der Waals surface area contributed by atoms with E-state index in [-0.39, 0.29) is 5.54 Å². The molecule has 19 heavy (non-hydrogen) atoms. The van der Waals surface area contributed by atoms with Crippen LogP contribution in [-0.2, 0) is 6.42 Å². The van der Waals surface area contributed by atoms with E-state index >= 15 is 0 Å². The maximum absolute atomic E-state index is 6.08. The summed E-state index contributed by atoms with van der Waals surface area (Å²) >= 11 is 0. The lowest BCUT2D eigenvalue weighted by atomic mass is 9.63. The van der Waals surface area contributed by atoms with Crippen molar-refractivity contribution < 1.29 is 0 Å². The summed E-state index contributed by atoms with van der Waals surface area (Å²) in [5.74, 6) is 1.61. The second-order valence-corrected chi connectivity index (χ2v) is 6.42. The van der Waals surface area contributed by atoms with Gasteiger partial charge in [-0.25, -0.2) is 0 Å². The number of nitrogens with two attached hydrogens (primary N) is 1. The minimum Gasteiger partial charge on any atom is -0.368 e. The third-order valence-corrected chi connectivity index (χ3v) is 5.05. The van der Waals surface area contributed by atoms with E-state index in [4.69, 9.17) is 5.73 Å². The maximum Gasteiger partial charge on any atom is 0.0526 e. The molecule has 2 rings (SSSR count). The first-order valence-corrected chi connectivity index (χ1v) is 7.55. The summed E-state index contributed by atoms with van der Waals surface area (Å²) in [6.07, 6.45) is 3.56. The SMILES string of the molecule is CCc1ccc(N(C)C2(CN)CC(C(C)C)C2)cc1. The third-order valence-electron chi connectivity index (χ3n) is 5.05. The molecule has 2 N–H and O–H groups in total. The Morgan fingerprint density at radius 3 is 2.26 bits per heavy atom. The molecular formula is C17H28N2. The van der Waals surface area contributed by atoms with Crippen LogP contribution in [0.4, 0.5) is 5.69 Å². The number of benzene rings is 1. The Hall–Kier alpha value is -1.02. The van der Waals surface area contributed by atoms with Gasteiger partial charge < -0.3 is 10.6 Å². The highest BCUT2D eigenvalue weighted by atomic mass is 15.2. The first-order valence-electron chi connectivity index (χ1n) is 7.55. The van der Waals surface area contributed by atoms with Crippen molar-refractivity contribution in [1.29, 1.82) is 0 Å². The van der Waals surface area contributed by atoms with Gasteiger partial charge >= 0.3 is 0 Å². The van der Waals surface area contributed by atoms with E-state index in [0.717, 1.165) is 24.8 Å². The molecule has 0 amide bonds. The minimum absolute atomic E-state index is 0.183. The van der Waals surface area contributed by atoms with Crippen molar-refractivity contribution in [3.05, 3.63) is 29.8 Å². The molecular weight excluding hydrogens is 232 g/mol. The van der Waals surface area contributed by atoms with Gasteiger partial charge in [0.1, 0.15) is 0 Å². The Kier molecular flexibility index (Phi) is 4.19. The molecule has 106 valence electrons. The zero-order valence-electron chi connectivity index (χ0n) is 12.8. The number of anilines is 1. The zero-order valence-corrected chi connectivity index (χ0v) is 12.8. The molecule has 0 unspecified atom stereocenters. The van der Waals surface area contributed by atoms with Gasteiger partial charge in [-0.15, -0.1) is 0 Å². The number of hydrogen-bond acceptors (Lipinski definition) is 2. The molecule has 0 bridgehead atoms. The zero-order chi connectivity index (χ0) is 14.0. The molecule has 1 aromatic rings. The van der Waals surface area contributed by atoms with Gasteiger partial charge in [-0.2, -0.15) is 0 Å². The van der Waals surface area contributed by atoms with Crippen molar-refractivity contribution in [2.45, 2.75) is 45.6 Å². The van der Waals surface area contributed by atoms with E-state index in [2.05, 4.69) is 57.0 Å². The molecule has 0 aromatic heterocycles. The predicted molar refractivity (Wildman–Crippen MR) is 83.6 cm³/mol. The predicted octanol–water partition coefficient (Wildman–Crippen LogP) is 3.45. The van der Waals surface area contributed by atoms with Crippen LogP contribution in [0.5, 0.6) is 0 Å². The summed E-state index contributed by atoms with van der Waals surface area (Å²) in [5, 5.41) is 0. The molecule has 0 heterocycles. The summed E-state index contributed by atoms with van der Waals surface area (Å²) < 4.78 is 0. The van der Waals surface area contributed by atoms with E-state index < -0.39 is 0 Å². The van der Waals surface area contributed by atoms with Crippen LogP contribution in [0.25, 0.3) is 0 Å². The number of aryl methyl sites for hydroxylation is 1. The van der Waals surface area contributed by atoms with Crippen molar-refractivity contribution in [2.24, 2.45) is 17.6 Å². The highest BCUT2D eigenvalue weighted by molar-refractivity contribution is 5.50. The number of nitrogens with zero attached hydrogens (tertiary/aromatic N) is 1. The quantitative estimate of drug-likeness (QED) is 0.878. The van der Waals surface area contributed by atoms with Crippen molar-refractivity contribution in [3.8, 4) is 0 Å². The van der Waals surface area contributed by atoms with E-state index in [1.807, 2.05) is 0 Å². The van der Waals surface area contributed by atoms with Crippen LogP contribution in [0.3, 0.4) is 0 Å². The molecule has 0 atom stereocenters. The molecule has 2 heteroatoms. The van der Waals surface area contributed by atoms with Crippen molar-refractivity contribution in [1.82, 2.24) is 0 Å². The van der Waals surface area contributed by atoms with E-state index in [0.29, 0.717) is 0 Å². The van der Waals surface area contributed by atoms with Crippen LogP contribution in [0, 0.1) is 11.8 Å². The van der Waals surface area contributed by atoms with Crippen LogP contribution < -0.4 is 10.6 Å². The Bertz CT molecular complexity index is 402. The molecule has 1 saturated carbocycles. The maximum atomic E-state index is 6.08. The average Bonchev–Trinajstić information content (AvgIpc) is 2.37. The van der Waals surface area contributed by atoms with Crippen molar-refractivity contribution in [2.75, 3.05) is 18.5 Å². The van der Waals surface area contributed by atoms with Crippen molar-refractivity contribution in [3.63, 3.8) is 0 Å². The normalized spacial score (nSPS) is 26.3. The van der Waals surface area contributed by atoms with E-state index in [1.165, 1.54) is 24.1 Å². The number of likely N-dealkylation sites (N-methyl/N-ethyl adjacent to an activating group) is 1. The third kappa shape index (κ3) is 2.64. The summed E-state index contributed by atoms with van der Waals surface area (Å²) in [4.78, 5) is 2.41. The van der Waals surface area contributed by atoms with E-state index in [1.54, 1.807) is 0 Å². The van der Waals surface area contributed by atoms with Crippen LogP contribution in [0.2, 0.25) is 0 Å². The van der Waals surface area contributed by atoms with Crippen LogP contribution in [0.15, 0.2) is 24.3 Å². The Labute approximate surface area is 118 Å². The second-order valence-electron chi connectivity index (χ2n) is 6.42. The lowest BCUT2D eigenvalue weighted by Gasteiger charge is -2.55. The van der Waals surface area contributed by atoms with Gasteiger partial charge in [0, 0.05) is 19.3 Å². The minimum atomic E-state index is 0.183. The molecule has 1 aliphatic rings. The van der Waals surface area contributed by atoms with Gasteiger partial charge in [0.05, 0.1) is 5.54 Å². The molecule has 0 radical (unpaired) electrons. The Morgan fingerprint density at radius 2 is 1.84 bits per heavy atom. The van der Waals surface area contributed by atoms with Crippen LogP contribution >= 0.6 is 0 Å². The van der Waals surface area contributed by atoms with Gasteiger partial charge in [-0.3, -0.25) is 0 Å². The number of rotatable bonds is 5. The molecule has 0 spiro atoms. The molecule has 1 aromatic carbocycles. The van der Waals surface area contributed by atoms with Gasteiger partial charge in [-0.1, -0.05) is 32.9 Å². The summed E-state index contributed by atoms with van der Waals surface area (Å²) in [5.41, 5.74) is 8.96. The fraction of sp³-hybridized carbons (Fsp3) is 0.647. The summed E-state index contributed by atoms with van der Waals surface area (Å²) in [7, 11) is 2.20. The standard InChI is InChI=1S/C17H28N2/c1-5-14-6-8-16(9-7-14)19(4)17(12-18)10-15(11-17)13(2)3/h6-9,13,15H,5,10-12,18H2,1-4H3. The van der Waals surface area contributed by atoms with Crippen LogP contribution in [0.1, 0.15) is 39.2 Å². The van der Waals surface area contributed by atoms with Gasteiger partial charge in [0.15, 0.2) is 0 Å². The fourth-order valence-electron chi connectivity index (χ4n) is 3.19. The second kappa shape index (κ2) is 5.54. The van der Waals surface area contributed by atoms with E-state index in [9.17, 15) is 0 Å². The van der Waals surface area contributed by atoms with Gasteiger partial charge in [0.2, 0.25) is 0 Å². The lowest BCUT2D eigenvalue weighted by Crippen LogP contribution is -2.61. The summed E-state index contributed by atoms with van der Waals surface area (Å²) in [6.45, 7) is 7.59. The highest BCUT2D eigenvalue weighted by Crippen LogP contribution is 2.46.